The Morgan fingerprint density at radius 1 is 1.03 bits per heavy atom. The predicted molar refractivity (Wildman–Crippen MR) is 123 cm³/mol. The number of benzene rings is 2. The van der Waals surface area contributed by atoms with E-state index >= 15 is 0 Å². The van der Waals surface area contributed by atoms with Crippen LogP contribution in [0.2, 0.25) is 0 Å². The van der Waals surface area contributed by atoms with Gasteiger partial charge in [-0.15, -0.1) is 11.3 Å². The first-order valence-corrected chi connectivity index (χ1v) is 10.6. The molecule has 156 valence electrons. The SMILES string of the molecule is Cc1nc(-c2ccccc2)sc1CO/N=C(\N)c1cccc(OCc2cccnc2)c1. The maximum absolute atomic E-state index is 6.12. The zero-order chi connectivity index (χ0) is 21.5. The molecular weight excluding hydrogens is 408 g/mol. The van der Waals surface area contributed by atoms with Gasteiger partial charge in [0.25, 0.3) is 0 Å². The van der Waals surface area contributed by atoms with Gasteiger partial charge in [0.2, 0.25) is 0 Å². The predicted octanol–water partition coefficient (Wildman–Crippen LogP) is 4.93. The fourth-order valence-corrected chi connectivity index (χ4v) is 3.85. The number of pyridine rings is 1. The number of aryl methyl sites for hydroxylation is 1. The molecule has 0 unspecified atom stereocenters. The van der Waals surface area contributed by atoms with Crippen molar-refractivity contribution in [3.8, 4) is 16.3 Å². The van der Waals surface area contributed by atoms with E-state index in [0.29, 0.717) is 19.0 Å². The summed E-state index contributed by atoms with van der Waals surface area (Å²) in [5.74, 6) is 0.989. The van der Waals surface area contributed by atoms with Gasteiger partial charge in [0, 0.05) is 29.1 Å². The number of aromatic nitrogens is 2. The lowest BCUT2D eigenvalue weighted by molar-refractivity contribution is 0.132. The number of ether oxygens (including phenoxy) is 1. The quantitative estimate of drug-likeness (QED) is 0.243. The molecule has 2 aromatic heterocycles. The van der Waals surface area contributed by atoms with E-state index in [4.69, 9.17) is 15.3 Å². The van der Waals surface area contributed by atoms with Crippen LogP contribution in [0.5, 0.6) is 5.75 Å². The molecule has 0 fully saturated rings. The van der Waals surface area contributed by atoms with Crippen LogP contribution in [0.4, 0.5) is 0 Å². The molecule has 0 bridgehead atoms. The lowest BCUT2D eigenvalue weighted by atomic mass is 10.2. The molecule has 0 atom stereocenters. The van der Waals surface area contributed by atoms with Gasteiger partial charge >= 0.3 is 0 Å². The van der Waals surface area contributed by atoms with Gasteiger partial charge in [-0.3, -0.25) is 4.98 Å². The highest BCUT2D eigenvalue weighted by Crippen LogP contribution is 2.28. The largest absolute Gasteiger partial charge is 0.489 e. The molecule has 2 N–H and O–H groups in total. The zero-order valence-electron chi connectivity index (χ0n) is 17.1. The Balaban J connectivity index is 1.37. The van der Waals surface area contributed by atoms with Crippen molar-refractivity contribution in [3.05, 3.63) is 101 Å². The van der Waals surface area contributed by atoms with E-state index in [1.165, 1.54) is 0 Å². The van der Waals surface area contributed by atoms with E-state index in [9.17, 15) is 0 Å². The second-order valence-electron chi connectivity index (χ2n) is 6.82. The summed E-state index contributed by atoms with van der Waals surface area (Å²) in [5, 5.41) is 5.04. The van der Waals surface area contributed by atoms with Crippen LogP contribution in [0.15, 0.2) is 84.3 Å². The highest BCUT2D eigenvalue weighted by Gasteiger charge is 2.10. The van der Waals surface area contributed by atoms with Gasteiger partial charge < -0.3 is 15.3 Å². The summed E-state index contributed by atoms with van der Waals surface area (Å²) in [6.45, 7) is 2.71. The Morgan fingerprint density at radius 3 is 2.71 bits per heavy atom. The minimum absolute atomic E-state index is 0.289. The van der Waals surface area contributed by atoms with Gasteiger partial charge in [-0.1, -0.05) is 53.7 Å². The summed E-state index contributed by atoms with van der Waals surface area (Å²) in [6, 6.07) is 21.4. The Morgan fingerprint density at radius 2 is 1.90 bits per heavy atom. The molecule has 7 heteroatoms. The zero-order valence-corrected chi connectivity index (χ0v) is 17.9. The molecular formula is C24H22N4O2S. The van der Waals surface area contributed by atoms with Crippen LogP contribution >= 0.6 is 11.3 Å². The van der Waals surface area contributed by atoms with Crippen LogP contribution in [0, 0.1) is 6.92 Å². The summed E-state index contributed by atoms with van der Waals surface area (Å²) >= 11 is 1.60. The molecule has 0 spiro atoms. The van der Waals surface area contributed by atoms with Crippen molar-refractivity contribution >= 4 is 17.2 Å². The molecule has 0 aliphatic heterocycles. The van der Waals surface area contributed by atoms with Gasteiger partial charge in [-0.2, -0.15) is 0 Å². The lowest BCUT2D eigenvalue weighted by Crippen LogP contribution is -2.14. The summed E-state index contributed by atoms with van der Waals surface area (Å²) < 4.78 is 5.82. The molecule has 31 heavy (non-hydrogen) atoms. The van der Waals surface area contributed by atoms with Crippen molar-refractivity contribution in [2.45, 2.75) is 20.1 Å². The van der Waals surface area contributed by atoms with Gasteiger partial charge in [0.15, 0.2) is 12.4 Å². The number of hydrogen-bond donors (Lipinski definition) is 1. The highest BCUT2D eigenvalue weighted by atomic mass is 32.1. The first-order chi connectivity index (χ1) is 15.2. The molecule has 4 rings (SSSR count). The van der Waals surface area contributed by atoms with Crippen LogP contribution in [0.3, 0.4) is 0 Å². The van der Waals surface area contributed by atoms with Crippen LogP contribution in [0.25, 0.3) is 10.6 Å². The van der Waals surface area contributed by atoms with Gasteiger partial charge in [0.05, 0.1) is 10.6 Å². The molecule has 2 heterocycles. The van der Waals surface area contributed by atoms with Gasteiger partial charge in [0.1, 0.15) is 17.4 Å². The fourth-order valence-electron chi connectivity index (χ4n) is 2.87. The molecule has 0 radical (unpaired) electrons. The summed E-state index contributed by atoms with van der Waals surface area (Å²) in [5.41, 5.74) is 9.87. The fraction of sp³-hybridized carbons (Fsp3) is 0.125. The number of nitrogens with zero attached hydrogens (tertiary/aromatic N) is 3. The van der Waals surface area contributed by atoms with Crippen LogP contribution in [0.1, 0.15) is 21.7 Å². The minimum atomic E-state index is 0.289. The highest BCUT2D eigenvalue weighted by molar-refractivity contribution is 7.15. The molecule has 4 aromatic rings. The van der Waals surface area contributed by atoms with Crippen molar-refractivity contribution in [2.24, 2.45) is 10.9 Å². The summed E-state index contributed by atoms with van der Waals surface area (Å²) in [7, 11) is 0. The van der Waals surface area contributed by atoms with E-state index in [-0.39, 0.29) is 5.84 Å². The number of hydrogen-bond acceptors (Lipinski definition) is 6. The van der Waals surface area contributed by atoms with Crippen molar-refractivity contribution < 1.29 is 9.57 Å². The third-order valence-corrected chi connectivity index (χ3v) is 5.71. The number of thiazole rings is 1. The van der Waals surface area contributed by atoms with Crippen molar-refractivity contribution in [1.29, 1.82) is 0 Å². The van der Waals surface area contributed by atoms with E-state index < -0.39 is 0 Å². The lowest BCUT2D eigenvalue weighted by Gasteiger charge is -2.08. The van der Waals surface area contributed by atoms with E-state index in [2.05, 4.69) is 15.1 Å². The first kappa shape index (κ1) is 20.6. The van der Waals surface area contributed by atoms with Crippen LogP contribution < -0.4 is 10.5 Å². The molecule has 0 aliphatic carbocycles. The average Bonchev–Trinajstić information content (AvgIpc) is 3.19. The van der Waals surface area contributed by atoms with E-state index in [1.807, 2.05) is 73.7 Å². The van der Waals surface area contributed by atoms with E-state index in [0.717, 1.165) is 32.3 Å². The van der Waals surface area contributed by atoms with Crippen molar-refractivity contribution in [1.82, 2.24) is 9.97 Å². The molecule has 0 saturated carbocycles. The summed E-state index contributed by atoms with van der Waals surface area (Å²) in [4.78, 5) is 15.3. The van der Waals surface area contributed by atoms with Crippen LogP contribution in [-0.2, 0) is 18.1 Å². The Bertz CT molecular complexity index is 1160. The maximum atomic E-state index is 6.12. The number of rotatable bonds is 8. The Hall–Kier alpha value is -3.71. The smallest absolute Gasteiger partial charge is 0.170 e. The standard InChI is InChI=1S/C24H22N4O2S/c1-17-22(31-24(27-17)19-8-3-2-4-9-19)16-30-28-23(25)20-10-5-11-21(13-20)29-15-18-7-6-12-26-14-18/h2-14H,15-16H2,1H3,(H2,25,28). The number of nitrogens with two attached hydrogens (primary N) is 1. The topological polar surface area (TPSA) is 82.6 Å². The normalized spacial score (nSPS) is 11.3. The second-order valence-corrected chi connectivity index (χ2v) is 7.90. The number of amidine groups is 1. The average molecular weight is 431 g/mol. The van der Waals surface area contributed by atoms with Gasteiger partial charge in [-0.25, -0.2) is 4.98 Å². The third kappa shape index (κ3) is 5.46. The Labute approximate surface area is 185 Å². The van der Waals surface area contributed by atoms with E-state index in [1.54, 1.807) is 23.7 Å². The molecule has 6 nitrogen and oxygen atoms in total. The minimum Gasteiger partial charge on any atom is -0.489 e. The monoisotopic (exact) mass is 430 g/mol. The molecule has 0 amide bonds. The maximum Gasteiger partial charge on any atom is 0.170 e. The van der Waals surface area contributed by atoms with Crippen molar-refractivity contribution in [3.63, 3.8) is 0 Å². The molecule has 2 aromatic carbocycles. The molecule has 0 saturated heterocycles. The van der Waals surface area contributed by atoms with Crippen LogP contribution in [-0.4, -0.2) is 15.8 Å². The van der Waals surface area contributed by atoms with Crippen molar-refractivity contribution in [2.75, 3.05) is 0 Å². The second kappa shape index (κ2) is 9.86. The third-order valence-electron chi connectivity index (χ3n) is 4.53. The Kier molecular flexibility index (Phi) is 6.54. The molecule has 0 aliphatic rings. The van der Waals surface area contributed by atoms with Gasteiger partial charge in [-0.05, 0) is 25.1 Å². The number of oxime groups is 1. The summed E-state index contributed by atoms with van der Waals surface area (Å²) in [6.07, 6.45) is 3.51. The first-order valence-electron chi connectivity index (χ1n) is 9.78.